The van der Waals surface area contributed by atoms with Gasteiger partial charge in [0.05, 0.1) is 18.2 Å². The van der Waals surface area contributed by atoms with Gasteiger partial charge in [-0.1, -0.05) is 42.0 Å². The maximum Gasteiger partial charge on any atom is 0.244 e. The van der Waals surface area contributed by atoms with Gasteiger partial charge in [-0.25, -0.2) is 0 Å². The van der Waals surface area contributed by atoms with Crippen molar-refractivity contribution in [2.45, 2.75) is 19.9 Å². The monoisotopic (exact) mass is 457 g/mol. The van der Waals surface area contributed by atoms with Crippen molar-refractivity contribution in [3.05, 3.63) is 64.1 Å². The van der Waals surface area contributed by atoms with E-state index in [1.807, 2.05) is 49.4 Å². The summed E-state index contributed by atoms with van der Waals surface area (Å²) < 4.78 is 0.774. The fourth-order valence-corrected chi connectivity index (χ4v) is 3.75. The van der Waals surface area contributed by atoms with Gasteiger partial charge in [-0.3, -0.25) is 14.4 Å². The summed E-state index contributed by atoms with van der Waals surface area (Å²) in [7, 11) is 1.59. The molecular weight excluding hydrogens is 434 g/mol. The Balaban J connectivity index is 1.54. The smallest absolute Gasteiger partial charge is 0.244 e. The highest BCUT2D eigenvalue weighted by Gasteiger charge is 2.36. The van der Waals surface area contributed by atoms with E-state index in [2.05, 4.69) is 21.2 Å². The number of hydrogen-bond donors (Lipinski definition) is 1. The van der Waals surface area contributed by atoms with Crippen LogP contribution >= 0.6 is 15.9 Å². The van der Waals surface area contributed by atoms with Crippen LogP contribution in [-0.4, -0.2) is 47.7 Å². The first-order valence-corrected chi connectivity index (χ1v) is 10.3. The van der Waals surface area contributed by atoms with Crippen LogP contribution in [-0.2, 0) is 20.9 Å². The van der Waals surface area contributed by atoms with Crippen molar-refractivity contribution in [1.29, 1.82) is 0 Å². The first-order chi connectivity index (χ1) is 13.8. The Bertz CT molecular complexity index is 914. The number of carbonyl (C=O) groups excluding carboxylic acids is 3. The third-order valence-corrected chi connectivity index (χ3v) is 5.65. The number of anilines is 1. The maximum absolute atomic E-state index is 12.7. The van der Waals surface area contributed by atoms with Gasteiger partial charge in [-0.2, -0.15) is 0 Å². The second-order valence-corrected chi connectivity index (χ2v) is 8.24. The SMILES string of the molecule is Cc1ccc(CN2CC(C(=O)N(C)CC(=O)Nc3ccccc3Br)CC2=O)cc1. The van der Waals surface area contributed by atoms with Crippen LogP contribution in [0, 0.1) is 12.8 Å². The van der Waals surface area contributed by atoms with Crippen LogP contribution in [0.15, 0.2) is 53.0 Å². The second kappa shape index (κ2) is 9.22. The number of aryl methyl sites for hydroxylation is 1. The quantitative estimate of drug-likeness (QED) is 0.723. The van der Waals surface area contributed by atoms with Gasteiger partial charge in [0.2, 0.25) is 17.7 Å². The van der Waals surface area contributed by atoms with E-state index in [0.29, 0.717) is 18.8 Å². The lowest BCUT2D eigenvalue weighted by Gasteiger charge is -2.21. The Morgan fingerprint density at radius 2 is 1.86 bits per heavy atom. The number of likely N-dealkylation sites (tertiary alicyclic amines) is 1. The predicted molar refractivity (Wildman–Crippen MR) is 115 cm³/mol. The molecule has 1 aliphatic heterocycles. The Hall–Kier alpha value is -2.67. The van der Waals surface area contributed by atoms with E-state index in [0.717, 1.165) is 15.6 Å². The minimum Gasteiger partial charge on any atom is -0.338 e. The van der Waals surface area contributed by atoms with E-state index in [4.69, 9.17) is 0 Å². The number of nitrogens with one attached hydrogen (secondary N) is 1. The lowest BCUT2D eigenvalue weighted by Crippen LogP contribution is -2.39. The third kappa shape index (κ3) is 5.44. The first-order valence-electron chi connectivity index (χ1n) is 9.46. The van der Waals surface area contributed by atoms with Crippen LogP contribution in [0.4, 0.5) is 5.69 Å². The number of rotatable bonds is 6. The molecule has 0 saturated carbocycles. The van der Waals surface area contributed by atoms with Crippen molar-refractivity contribution in [2.75, 3.05) is 25.5 Å². The molecule has 0 radical (unpaired) electrons. The molecule has 6 nitrogen and oxygen atoms in total. The molecule has 1 N–H and O–H groups in total. The number of likely N-dealkylation sites (N-methyl/N-ethyl adjacent to an activating group) is 1. The molecule has 1 saturated heterocycles. The molecule has 3 amide bonds. The Kier molecular flexibility index (Phi) is 6.69. The number of halogens is 1. The zero-order chi connectivity index (χ0) is 21.0. The fourth-order valence-electron chi connectivity index (χ4n) is 3.36. The Morgan fingerprint density at radius 1 is 1.17 bits per heavy atom. The number of para-hydroxylation sites is 1. The van der Waals surface area contributed by atoms with E-state index in [1.54, 1.807) is 18.0 Å². The van der Waals surface area contributed by atoms with Crippen molar-refractivity contribution in [3.63, 3.8) is 0 Å². The zero-order valence-electron chi connectivity index (χ0n) is 16.5. The van der Waals surface area contributed by atoms with Crippen molar-refractivity contribution >= 4 is 39.3 Å². The summed E-state index contributed by atoms with van der Waals surface area (Å²) in [6.45, 7) is 2.82. The average Bonchev–Trinajstić information content (AvgIpc) is 3.05. The molecule has 1 atom stereocenters. The van der Waals surface area contributed by atoms with Gasteiger partial charge in [0.15, 0.2) is 0 Å². The molecule has 0 bridgehead atoms. The molecule has 3 rings (SSSR count). The topological polar surface area (TPSA) is 69.7 Å². The van der Waals surface area contributed by atoms with E-state index in [9.17, 15) is 14.4 Å². The van der Waals surface area contributed by atoms with Crippen LogP contribution in [0.25, 0.3) is 0 Å². The van der Waals surface area contributed by atoms with Crippen LogP contribution in [0.3, 0.4) is 0 Å². The molecule has 2 aromatic rings. The van der Waals surface area contributed by atoms with Gasteiger partial charge in [0, 0.05) is 31.0 Å². The Labute approximate surface area is 179 Å². The molecule has 0 aliphatic carbocycles. The zero-order valence-corrected chi connectivity index (χ0v) is 18.1. The summed E-state index contributed by atoms with van der Waals surface area (Å²) in [5, 5.41) is 2.78. The van der Waals surface area contributed by atoms with Crippen molar-refractivity contribution in [3.8, 4) is 0 Å². The summed E-state index contributed by atoms with van der Waals surface area (Å²) in [6, 6.07) is 15.3. The van der Waals surface area contributed by atoms with E-state index < -0.39 is 5.92 Å². The molecule has 1 unspecified atom stereocenters. The molecule has 2 aromatic carbocycles. The van der Waals surface area contributed by atoms with Gasteiger partial charge in [0.25, 0.3) is 0 Å². The van der Waals surface area contributed by atoms with Crippen LogP contribution < -0.4 is 5.32 Å². The van der Waals surface area contributed by atoms with Crippen LogP contribution in [0.2, 0.25) is 0 Å². The molecule has 0 aromatic heterocycles. The number of hydrogen-bond acceptors (Lipinski definition) is 3. The highest BCUT2D eigenvalue weighted by Crippen LogP contribution is 2.23. The first kappa shape index (κ1) is 21.0. The third-order valence-electron chi connectivity index (χ3n) is 4.96. The van der Waals surface area contributed by atoms with Gasteiger partial charge in [-0.05, 0) is 40.5 Å². The number of benzene rings is 2. The molecule has 1 heterocycles. The summed E-state index contributed by atoms with van der Waals surface area (Å²) in [5.41, 5.74) is 2.86. The summed E-state index contributed by atoms with van der Waals surface area (Å²) in [4.78, 5) is 40.5. The summed E-state index contributed by atoms with van der Waals surface area (Å²) >= 11 is 3.38. The van der Waals surface area contributed by atoms with E-state index in [-0.39, 0.29) is 30.7 Å². The largest absolute Gasteiger partial charge is 0.338 e. The van der Waals surface area contributed by atoms with Crippen molar-refractivity contribution in [2.24, 2.45) is 5.92 Å². The lowest BCUT2D eigenvalue weighted by atomic mass is 10.1. The minimum absolute atomic E-state index is 0.0324. The molecule has 152 valence electrons. The van der Waals surface area contributed by atoms with Gasteiger partial charge in [0.1, 0.15) is 0 Å². The molecule has 1 aliphatic rings. The summed E-state index contributed by atoms with van der Waals surface area (Å²) in [5.74, 6) is -0.926. The van der Waals surface area contributed by atoms with Gasteiger partial charge < -0.3 is 15.1 Å². The van der Waals surface area contributed by atoms with Crippen molar-refractivity contribution < 1.29 is 14.4 Å². The maximum atomic E-state index is 12.7. The number of nitrogens with zero attached hydrogens (tertiary/aromatic N) is 2. The molecule has 0 spiro atoms. The number of carbonyl (C=O) groups is 3. The standard InChI is InChI=1S/C22H24BrN3O3/c1-15-7-9-16(10-8-15)12-26-13-17(11-21(26)28)22(29)25(2)14-20(27)24-19-6-4-3-5-18(19)23/h3-10,17H,11-14H2,1-2H3,(H,24,27). The minimum atomic E-state index is -0.422. The van der Waals surface area contributed by atoms with Gasteiger partial charge >= 0.3 is 0 Å². The van der Waals surface area contributed by atoms with Crippen LogP contribution in [0.5, 0.6) is 0 Å². The fraction of sp³-hybridized carbons (Fsp3) is 0.318. The lowest BCUT2D eigenvalue weighted by molar-refractivity contribution is -0.137. The number of amides is 3. The highest BCUT2D eigenvalue weighted by molar-refractivity contribution is 9.10. The Morgan fingerprint density at radius 3 is 2.55 bits per heavy atom. The second-order valence-electron chi connectivity index (χ2n) is 7.38. The average molecular weight is 458 g/mol. The van der Waals surface area contributed by atoms with Gasteiger partial charge in [-0.15, -0.1) is 0 Å². The highest BCUT2D eigenvalue weighted by atomic mass is 79.9. The van der Waals surface area contributed by atoms with E-state index >= 15 is 0 Å². The molecule has 7 heteroatoms. The molecule has 1 fully saturated rings. The normalized spacial score (nSPS) is 16.0. The predicted octanol–water partition coefficient (Wildman–Crippen LogP) is 3.20. The van der Waals surface area contributed by atoms with Crippen LogP contribution in [0.1, 0.15) is 17.5 Å². The molecular formula is C22H24BrN3O3. The van der Waals surface area contributed by atoms with Crippen molar-refractivity contribution in [1.82, 2.24) is 9.80 Å². The van der Waals surface area contributed by atoms with E-state index in [1.165, 1.54) is 4.90 Å². The summed E-state index contributed by atoms with van der Waals surface area (Å²) in [6.07, 6.45) is 0.181. The molecule has 29 heavy (non-hydrogen) atoms.